The summed E-state index contributed by atoms with van der Waals surface area (Å²) >= 11 is 0. The summed E-state index contributed by atoms with van der Waals surface area (Å²) in [6, 6.07) is 10.6. The lowest BCUT2D eigenvalue weighted by Gasteiger charge is -2.38. The minimum atomic E-state index is -0.261. The van der Waals surface area contributed by atoms with Crippen molar-refractivity contribution in [1.82, 2.24) is 0 Å². The Balaban J connectivity index is 1.66. The van der Waals surface area contributed by atoms with Gasteiger partial charge in [0, 0.05) is 12.0 Å². The quantitative estimate of drug-likeness (QED) is 0.613. The van der Waals surface area contributed by atoms with Crippen molar-refractivity contribution in [2.45, 2.75) is 83.2 Å². The number of carbonyl (C=O) groups excluding carboxylic acids is 1. The lowest BCUT2D eigenvalue weighted by molar-refractivity contribution is -0.123. The molecule has 2 saturated carbocycles. The van der Waals surface area contributed by atoms with Crippen molar-refractivity contribution in [2.75, 3.05) is 6.61 Å². The maximum atomic E-state index is 11.8. The van der Waals surface area contributed by atoms with Crippen LogP contribution in [0.1, 0.15) is 77.2 Å². The largest absolute Gasteiger partial charge is 0.377 e. The molecule has 1 amide bonds. The second-order valence-corrected chi connectivity index (χ2v) is 9.12. The molecule has 3 rings (SSSR count). The zero-order chi connectivity index (χ0) is 19.3. The first-order valence-corrected chi connectivity index (χ1v) is 11.0. The number of hydrogen-bond donors (Lipinski definition) is 1. The van der Waals surface area contributed by atoms with Crippen LogP contribution in [0.2, 0.25) is 0 Å². The van der Waals surface area contributed by atoms with Crippen LogP contribution in [0.4, 0.5) is 0 Å². The van der Waals surface area contributed by atoms with Crippen molar-refractivity contribution in [3.05, 3.63) is 35.9 Å². The van der Waals surface area contributed by atoms with Gasteiger partial charge in [0.25, 0.3) is 0 Å². The van der Waals surface area contributed by atoms with Crippen molar-refractivity contribution in [1.29, 1.82) is 0 Å². The van der Waals surface area contributed by atoms with Gasteiger partial charge in [0.05, 0.1) is 12.5 Å². The molecule has 0 aliphatic heterocycles. The van der Waals surface area contributed by atoms with E-state index in [4.69, 9.17) is 10.5 Å². The third-order valence-electron chi connectivity index (χ3n) is 7.22. The van der Waals surface area contributed by atoms with Gasteiger partial charge in [-0.05, 0) is 42.6 Å². The van der Waals surface area contributed by atoms with Crippen LogP contribution in [0.5, 0.6) is 0 Å². The van der Waals surface area contributed by atoms with E-state index in [1.165, 1.54) is 50.5 Å². The maximum absolute atomic E-state index is 11.8. The molecule has 2 fully saturated rings. The van der Waals surface area contributed by atoms with Crippen molar-refractivity contribution in [3.8, 4) is 0 Å². The van der Waals surface area contributed by atoms with Crippen molar-refractivity contribution in [2.24, 2.45) is 23.5 Å². The smallest absolute Gasteiger partial charge is 0.220 e. The molecule has 0 heterocycles. The van der Waals surface area contributed by atoms with Gasteiger partial charge in [-0.25, -0.2) is 0 Å². The number of ether oxygens (including phenoxy) is 1. The summed E-state index contributed by atoms with van der Waals surface area (Å²) in [6.45, 7) is 5.38. The molecule has 0 bridgehead atoms. The molecule has 0 saturated heterocycles. The number of rotatable bonds is 10. The number of benzene rings is 1. The first-order chi connectivity index (χ1) is 13.0. The van der Waals surface area contributed by atoms with Crippen molar-refractivity contribution < 1.29 is 9.53 Å². The first kappa shape index (κ1) is 20.4. The summed E-state index contributed by atoms with van der Waals surface area (Å²) in [4.78, 5) is 11.8. The average Bonchev–Trinajstić information content (AvgIpc) is 3.53. The second kappa shape index (κ2) is 9.23. The SMILES string of the molecule is CC(CCOC(CC(N)=O)C(C)(c1ccccc1)C1CC1)C1CCCCC1. The van der Waals surface area contributed by atoms with Gasteiger partial charge in [0.1, 0.15) is 0 Å². The molecule has 150 valence electrons. The summed E-state index contributed by atoms with van der Waals surface area (Å²) in [5.74, 6) is 1.87. The number of amides is 1. The molecule has 27 heavy (non-hydrogen) atoms. The minimum absolute atomic E-state index is 0.135. The third kappa shape index (κ3) is 5.13. The standard InChI is InChI=1S/C24H37NO2/c1-18(19-9-5-3-6-10-19)15-16-27-22(17-23(25)26)24(2,21-13-14-21)20-11-7-4-8-12-20/h4,7-8,11-12,18-19,21-22H,3,5-6,9-10,13-17H2,1-2H3,(H2,25,26). The van der Waals surface area contributed by atoms with E-state index in [-0.39, 0.29) is 17.4 Å². The zero-order valence-electron chi connectivity index (χ0n) is 17.2. The van der Waals surface area contributed by atoms with Gasteiger partial charge in [-0.15, -0.1) is 0 Å². The summed E-state index contributed by atoms with van der Waals surface area (Å²) in [7, 11) is 0. The Morgan fingerprint density at radius 3 is 2.41 bits per heavy atom. The Bertz CT molecular complexity index is 592. The van der Waals surface area contributed by atoms with Crippen LogP contribution >= 0.6 is 0 Å². The van der Waals surface area contributed by atoms with E-state index < -0.39 is 0 Å². The molecule has 3 heteroatoms. The van der Waals surface area contributed by atoms with Gasteiger partial charge in [0.15, 0.2) is 0 Å². The monoisotopic (exact) mass is 371 g/mol. The van der Waals surface area contributed by atoms with Crippen molar-refractivity contribution in [3.63, 3.8) is 0 Å². The van der Waals surface area contributed by atoms with E-state index in [0.29, 0.717) is 18.3 Å². The number of carbonyl (C=O) groups is 1. The summed E-state index contributed by atoms with van der Waals surface area (Å²) < 4.78 is 6.43. The fraction of sp³-hybridized carbons (Fsp3) is 0.708. The number of hydrogen-bond acceptors (Lipinski definition) is 2. The molecule has 3 nitrogen and oxygen atoms in total. The zero-order valence-corrected chi connectivity index (χ0v) is 17.2. The molecular weight excluding hydrogens is 334 g/mol. The predicted octanol–water partition coefficient (Wildman–Crippen LogP) is 5.22. The molecule has 2 aliphatic carbocycles. The average molecular weight is 372 g/mol. The maximum Gasteiger partial charge on any atom is 0.220 e. The Morgan fingerprint density at radius 1 is 1.15 bits per heavy atom. The normalized spacial score (nSPS) is 22.7. The molecule has 0 aromatic heterocycles. The molecule has 0 radical (unpaired) electrons. The minimum Gasteiger partial charge on any atom is -0.377 e. The van der Waals surface area contributed by atoms with E-state index in [9.17, 15) is 4.79 Å². The molecule has 3 atom stereocenters. The molecule has 1 aromatic rings. The van der Waals surface area contributed by atoms with Crippen LogP contribution in [0, 0.1) is 17.8 Å². The predicted molar refractivity (Wildman–Crippen MR) is 110 cm³/mol. The van der Waals surface area contributed by atoms with E-state index in [1.54, 1.807) is 0 Å². The van der Waals surface area contributed by atoms with Crippen LogP contribution in [-0.2, 0) is 14.9 Å². The Kier molecular flexibility index (Phi) is 6.97. The number of nitrogens with two attached hydrogens (primary N) is 1. The summed E-state index contributed by atoms with van der Waals surface area (Å²) in [5, 5.41) is 0. The first-order valence-electron chi connectivity index (χ1n) is 11.0. The van der Waals surface area contributed by atoms with Crippen LogP contribution < -0.4 is 5.73 Å². The Labute approximate surface area is 165 Å². The molecule has 1 aromatic carbocycles. The highest BCUT2D eigenvalue weighted by molar-refractivity contribution is 5.74. The van der Waals surface area contributed by atoms with E-state index in [2.05, 4.69) is 38.1 Å². The molecular formula is C24H37NO2. The highest BCUT2D eigenvalue weighted by atomic mass is 16.5. The van der Waals surface area contributed by atoms with Gasteiger partial charge in [-0.1, -0.05) is 76.3 Å². The lowest BCUT2D eigenvalue weighted by Crippen LogP contribution is -2.43. The third-order valence-corrected chi connectivity index (χ3v) is 7.22. The van der Waals surface area contributed by atoms with Crippen molar-refractivity contribution >= 4 is 5.91 Å². The molecule has 3 unspecified atom stereocenters. The Morgan fingerprint density at radius 2 is 1.81 bits per heavy atom. The highest BCUT2D eigenvalue weighted by Gasteiger charge is 2.49. The van der Waals surface area contributed by atoms with Gasteiger partial charge < -0.3 is 10.5 Å². The van der Waals surface area contributed by atoms with Crippen LogP contribution in [-0.4, -0.2) is 18.6 Å². The fourth-order valence-corrected chi connectivity index (χ4v) is 5.13. The molecule has 2 N–H and O–H groups in total. The van der Waals surface area contributed by atoms with Gasteiger partial charge >= 0.3 is 0 Å². The molecule has 2 aliphatic rings. The van der Waals surface area contributed by atoms with E-state index in [0.717, 1.165) is 18.9 Å². The summed E-state index contributed by atoms with van der Waals surface area (Å²) in [5.41, 5.74) is 6.76. The fourth-order valence-electron chi connectivity index (χ4n) is 5.13. The van der Waals surface area contributed by atoms with E-state index in [1.807, 2.05) is 6.07 Å². The van der Waals surface area contributed by atoms with Gasteiger partial charge in [-0.3, -0.25) is 4.79 Å². The number of primary amides is 1. The Hall–Kier alpha value is -1.35. The van der Waals surface area contributed by atoms with Gasteiger partial charge in [-0.2, -0.15) is 0 Å². The highest BCUT2D eigenvalue weighted by Crippen LogP contribution is 2.50. The second-order valence-electron chi connectivity index (χ2n) is 9.12. The molecule has 0 spiro atoms. The van der Waals surface area contributed by atoms with Gasteiger partial charge in [0.2, 0.25) is 5.91 Å². The van der Waals surface area contributed by atoms with Crippen LogP contribution in [0.3, 0.4) is 0 Å². The lowest BCUT2D eigenvalue weighted by atomic mass is 9.72. The topological polar surface area (TPSA) is 52.3 Å². The van der Waals surface area contributed by atoms with E-state index >= 15 is 0 Å². The van der Waals surface area contributed by atoms with Crippen LogP contribution in [0.15, 0.2) is 30.3 Å². The summed E-state index contributed by atoms with van der Waals surface area (Å²) in [6.07, 6.45) is 10.6. The van der Waals surface area contributed by atoms with Crippen LogP contribution in [0.25, 0.3) is 0 Å².